The summed E-state index contributed by atoms with van der Waals surface area (Å²) in [6.07, 6.45) is 3.23. The van der Waals surface area contributed by atoms with E-state index in [9.17, 15) is 0 Å². The number of hydrogen-bond donors (Lipinski definition) is 0. The molecule has 0 saturated heterocycles. The van der Waals surface area contributed by atoms with Gasteiger partial charge in [-0.05, 0) is 22.6 Å². The van der Waals surface area contributed by atoms with E-state index >= 15 is 0 Å². The van der Waals surface area contributed by atoms with Crippen molar-refractivity contribution in [3.05, 3.63) is 16.1 Å². The van der Waals surface area contributed by atoms with Crippen LogP contribution in [0.5, 0.6) is 0 Å². The minimum absolute atomic E-state index is 0.781. The Bertz CT molecular complexity index is 243. The van der Waals surface area contributed by atoms with Crippen LogP contribution in [-0.2, 0) is 4.84 Å². The van der Waals surface area contributed by atoms with Gasteiger partial charge in [-0.15, -0.1) is 0 Å². The molecule has 0 radical (unpaired) electrons. The zero-order valence-electron chi connectivity index (χ0n) is 6.28. The first kappa shape index (κ1) is 8.66. The summed E-state index contributed by atoms with van der Waals surface area (Å²) >= 11 is 2.15. The van der Waals surface area contributed by atoms with Crippen LogP contribution in [0.15, 0.2) is 12.5 Å². The van der Waals surface area contributed by atoms with Gasteiger partial charge in [0.25, 0.3) is 0 Å². The Morgan fingerprint density at radius 3 is 2.91 bits per heavy atom. The maximum absolute atomic E-state index is 4.96. The summed E-state index contributed by atoms with van der Waals surface area (Å²) in [6.45, 7) is 0. The molecule has 0 bridgehead atoms. The Labute approximate surface area is 78.7 Å². The van der Waals surface area contributed by atoms with Gasteiger partial charge in [0.2, 0.25) is 0 Å². The summed E-state index contributed by atoms with van der Waals surface area (Å²) in [5, 5.41) is 1.59. The molecule has 60 valence electrons. The first-order chi connectivity index (χ1) is 5.25. The second-order valence-electron chi connectivity index (χ2n) is 1.87. The molecule has 1 aromatic rings. The number of hydrogen-bond acceptors (Lipinski definition) is 4. The normalized spacial score (nSPS) is 9.73. The SMILES string of the molecule is CON(C)c1ncncc1I. The fraction of sp³-hybridized carbons (Fsp3) is 0.333. The molecule has 1 rings (SSSR count). The first-order valence-electron chi connectivity index (χ1n) is 2.99. The molecule has 0 saturated carbocycles. The van der Waals surface area contributed by atoms with E-state index in [0.29, 0.717) is 0 Å². The van der Waals surface area contributed by atoms with Crippen molar-refractivity contribution in [2.24, 2.45) is 0 Å². The van der Waals surface area contributed by atoms with Gasteiger partial charge in [-0.2, -0.15) is 0 Å². The molecule has 4 nitrogen and oxygen atoms in total. The predicted octanol–water partition coefficient (Wildman–Crippen LogP) is 1.08. The Morgan fingerprint density at radius 1 is 1.64 bits per heavy atom. The van der Waals surface area contributed by atoms with Crippen LogP contribution in [0.1, 0.15) is 0 Å². The summed E-state index contributed by atoms with van der Waals surface area (Å²) in [4.78, 5) is 12.8. The summed E-state index contributed by atoms with van der Waals surface area (Å²) in [7, 11) is 3.39. The zero-order chi connectivity index (χ0) is 8.27. The van der Waals surface area contributed by atoms with Gasteiger partial charge in [0.1, 0.15) is 6.33 Å². The van der Waals surface area contributed by atoms with E-state index in [1.807, 2.05) is 0 Å². The Morgan fingerprint density at radius 2 is 2.36 bits per heavy atom. The standard InChI is InChI=1S/C6H8IN3O/c1-10(11-2)6-5(7)3-8-4-9-6/h3-4H,1-2H3. The van der Waals surface area contributed by atoms with Crippen molar-refractivity contribution < 1.29 is 4.84 Å². The monoisotopic (exact) mass is 265 g/mol. The second-order valence-corrected chi connectivity index (χ2v) is 3.04. The highest BCUT2D eigenvalue weighted by Gasteiger charge is 2.04. The van der Waals surface area contributed by atoms with Crippen LogP contribution in [0.3, 0.4) is 0 Å². The summed E-state index contributed by atoms with van der Waals surface area (Å²) in [5.41, 5.74) is 0. The predicted molar refractivity (Wildman–Crippen MR) is 50.2 cm³/mol. The number of anilines is 1. The van der Waals surface area contributed by atoms with E-state index in [4.69, 9.17) is 4.84 Å². The first-order valence-corrected chi connectivity index (χ1v) is 4.07. The van der Waals surface area contributed by atoms with Crippen LogP contribution in [0.25, 0.3) is 0 Å². The van der Waals surface area contributed by atoms with Crippen molar-refractivity contribution in [3.8, 4) is 0 Å². The average molecular weight is 265 g/mol. The largest absolute Gasteiger partial charge is 0.276 e. The molecule has 0 N–H and O–H groups in total. The molecule has 0 spiro atoms. The van der Waals surface area contributed by atoms with Crippen molar-refractivity contribution in [2.45, 2.75) is 0 Å². The minimum Gasteiger partial charge on any atom is -0.276 e. The molecule has 0 amide bonds. The Hall–Kier alpha value is -0.430. The molecule has 0 aliphatic rings. The third kappa shape index (κ3) is 2.00. The summed E-state index contributed by atoms with van der Waals surface area (Å²) < 4.78 is 0.967. The third-order valence-corrected chi connectivity index (χ3v) is 1.98. The highest BCUT2D eigenvalue weighted by Crippen LogP contribution is 2.15. The van der Waals surface area contributed by atoms with Crippen LogP contribution >= 0.6 is 22.6 Å². The van der Waals surface area contributed by atoms with Crippen LogP contribution in [0.2, 0.25) is 0 Å². The topological polar surface area (TPSA) is 38.2 Å². The van der Waals surface area contributed by atoms with Crippen molar-refractivity contribution in [2.75, 3.05) is 19.2 Å². The van der Waals surface area contributed by atoms with Gasteiger partial charge >= 0.3 is 0 Å². The minimum atomic E-state index is 0.781. The quantitative estimate of drug-likeness (QED) is 0.592. The van der Waals surface area contributed by atoms with Gasteiger partial charge in [0.15, 0.2) is 5.82 Å². The molecule has 1 aromatic heterocycles. The van der Waals surface area contributed by atoms with E-state index in [-0.39, 0.29) is 0 Å². The Balaban J connectivity index is 2.93. The maximum atomic E-state index is 4.96. The molecule has 0 aliphatic carbocycles. The van der Waals surface area contributed by atoms with Crippen molar-refractivity contribution in [1.29, 1.82) is 0 Å². The lowest BCUT2D eigenvalue weighted by Crippen LogP contribution is -2.17. The molecule has 0 atom stereocenters. The van der Waals surface area contributed by atoms with Crippen LogP contribution in [0.4, 0.5) is 5.82 Å². The highest BCUT2D eigenvalue weighted by molar-refractivity contribution is 14.1. The lowest BCUT2D eigenvalue weighted by Gasteiger charge is -2.14. The summed E-state index contributed by atoms with van der Waals surface area (Å²) in [5.74, 6) is 0.781. The fourth-order valence-corrected chi connectivity index (χ4v) is 1.26. The molecule has 11 heavy (non-hydrogen) atoms. The van der Waals surface area contributed by atoms with Gasteiger partial charge in [0, 0.05) is 13.2 Å². The second kappa shape index (κ2) is 3.82. The third-order valence-electron chi connectivity index (χ3n) is 1.22. The van der Waals surface area contributed by atoms with E-state index in [1.165, 1.54) is 6.33 Å². The average Bonchev–Trinajstić information content (AvgIpc) is 2.04. The van der Waals surface area contributed by atoms with Gasteiger partial charge in [0.05, 0.1) is 10.7 Å². The van der Waals surface area contributed by atoms with E-state index in [1.54, 1.807) is 25.4 Å². The number of rotatable bonds is 2. The van der Waals surface area contributed by atoms with Crippen molar-refractivity contribution in [1.82, 2.24) is 9.97 Å². The number of nitrogens with zero attached hydrogens (tertiary/aromatic N) is 3. The van der Waals surface area contributed by atoms with Gasteiger partial charge in [-0.1, -0.05) is 0 Å². The molecular formula is C6H8IN3O. The summed E-state index contributed by atoms with van der Waals surface area (Å²) in [6, 6.07) is 0. The molecule has 1 heterocycles. The van der Waals surface area contributed by atoms with Gasteiger partial charge in [-0.25, -0.2) is 15.0 Å². The lowest BCUT2D eigenvalue weighted by atomic mass is 10.6. The lowest BCUT2D eigenvalue weighted by molar-refractivity contribution is 0.182. The molecule has 0 fully saturated rings. The molecule has 0 aliphatic heterocycles. The van der Waals surface area contributed by atoms with Crippen molar-refractivity contribution >= 4 is 28.4 Å². The Kier molecular flexibility index (Phi) is 3.01. The zero-order valence-corrected chi connectivity index (χ0v) is 8.44. The van der Waals surface area contributed by atoms with Crippen LogP contribution < -0.4 is 5.06 Å². The smallest absolute Gasteiger partial charge is 0.168 e. The van der Waals surface area contributed by atoms with Gasteiger partial charge < -0.3 is 0 Å². The number of aromatic nitrogens is 2. The van der Waals surface area contributed by atoms with Crippen LogP contribution in [0, 0.1) is 3.57 Å². The number of halogens is 1. The molecule has 5 heteroatoms. The number of hydroxylamine groups is 1. The molecule has 0 aromatic carbocycles. The van der Waals surface area contributed by atoms with Gasteiger partial charge in [-0.3, -0.25) is 4.84 Å². The van der Waals surface area contributed by atoms with E-state index in [2.05, 4.69) is 32.6 Å². The van der Waals surface area contributed by atoms with Crippen LogP contribution in [-0.4, -0.2) is 24.1 Å². The molecular weight excluding hydrogens is 257 g/mol. The fourth-order valence-electron chi connectivity index (χ4n) is 0.624. The van der Waals surface area contributed by atoms with Crippen molar-refractivity contribution in [3.63, 3.8) is 0 Å². The van der Waals surface area contributed by atoms with E-state index in [0.717, 1.165) is 9.39 Å². The van der Waals surface area contributed by atoms with E-state index < -0.39 is 0 Å². The maximum Gasteiger partial charge on any atom is 0.168 e. The molecule has 0 unspecified atom stereocenters. The highest BCUT2D eigenvalue weighted by atomic mass is 127.